The van der Waals surface area contributed by atoms with Crippen LogP contribution < -0.4 is 13.9 Å². The summed E-state index contributed by atoms with van der Waals surface area (Å²) in [6, 6.07) is 34.9. The zero-order chi connectivity index (χ0) is 22.0. The minimum Gasteiger partial charge on any atom is -0.456 e. The molecule has 6 aromatic rings. The zero-order valence-electron chi connectivity index (χ0n) is 18.2. The number of hydrogen-bond acceptors (Lipinski definition) is 1. The third-order valence-corrected chi connectivity index (χ3v) is 7.88. The molecule has 3 heteroatoms. The van der Waals surface area contributed by atoms with Gasteiger partial charge < -0.3 is 4.74 Å². The highest BCUT2D eigenvalue weighted by atomic mass is 16.5. The molecule has 4 aromatic carbocycles. The van der Waals surface area contributed by atoms with E-state index in [1.165, 1.54) is 55.2 Å². The fourth-order valence-corrected chi connectivity index (χ4v) is 6.63. The Labute approximate surface area is 195 Å². The molecular formula is C31H18N2O+2. The first-order valence-corrected chi connectivity index (χ1v) is 11.7. The number of benzene rings is 4. The van der Waals surface area contributed by atoms with Gasteiger partial charge in [0.2, 0.25) is 11.2 Å². The van der Waals surface area contributed by atoms with Crippen molar-refractivity contribution >= 4 is 21.7 Å². The van der Waals surface area contributed by atoms with Crippen LogP contribution in [0.15, 0.2) is 109 Å². The van der Waals surface area contributed by atoms with E-state index in [4.69, 9.17) is 4.74 Å². The van der Waals surface area contributed by atoms with E-state index in [9.17, 15) is 0 Å². The maximum atomic E-state index is 6.60. The average Bonchev–Trinajstić information content (AvgIpc) is 3.38. The highest BCUT2D eigenvalue weighted by Crippen LogP contribution is 2.56. The van der Waals surface area contributed by atoms with E-state index in [-0.39, 0.29) is 0 Å². The van der Waals surface area contributed by atoms with Gasteiger partial charge in [-0.2, -0.15) is 0 Å². The summed E-state index contributed by atoms with van der Waals surface area (Å²) in [5.41, 5.74) is 8.15. The van der Waals surface area contributed by atoms with Gasteiger partial charge in [-0.05, 0) is 46.8 Å². The van der Waals surface area contributed by atoms with Gasteiger partial charge >= 0.3 is 5.66 Å². The summed E-state index contributed by atoms with van der Waals surface area (Å²) in [7, 11) is 0. The fourth-order valence-electron chi connectivity index (χ4n) is 6.63. The van der Waals surface area contributed by atoms with E-state index in [1.807, 2.05) is 0 Å². The van der Waals surface area contributed by atoms with Crippen LogP contribution in [0.25, 0.3) is 44.1 Å². The molecule has 0 amide bonds. The Morgan fingerprint density at radius 3 is 2.38 bits per heavy atom. The number of fused-ring (bicyclic) bond motifs is 2. The van der Waals surface area contributed by atoms with Crippen LogP contribution >= 0.6 is 0 Å². The lowest BCUT2D eigenvalue weighted by Gasteiger charge is -2.25. The molecule has 0 saturated heterocycles. The van der Waals surface area contributed by atoms with Crippen molar-refractivity contribution in [3.05, 3.63) is 121 Å². The largest absolute Gasteiger partial charge is 0.456 e. The van der Waals surface area contributed by atoms with E-state index in [0.29, 0.717) is 0 Å². The normalized spacial score (nSPS) is 17.8. The van der Waals surface area contributed by atoms with Crippen molar-refractivity contribution in [2.45, 2.75) is 5.66 Å². The molecule has 0 aliphatic carbocycles. The lowest BCUT2D eigenvalue weighted by atomic mass is 9.86. The summed E-state index contributed by atoms with van der Waals surface area (Å²) in [5, 5.41) is 3.80. The minimum atomic E-state index is -0.493. The maximum absolute atomic E-state index is 6.60. The summed E-state index contributed by atoms with van der Waals surface area (Å²) in [6.45, 7) is 0. The van der Waals surface area contributed by atoms with Gasteiger partial charge in [0.15, 0.2) is 23.5 Å². The third-order valence-electron chi connectivity index (χ3n) is 7.88. The molecule has 0 radical (unpaired) electrons. The first-order chi connectivity index (χ1) is 16.9. The lowest BCUT2D eigenvalue weighted by Crippen LogP contribution is -2.72. The van der Waals surface area contributed by atoms with Crippen LogP contribution in [-0.2, 0) is 5.66 Å². The molecule has 3 nitrogen and oxygen atoms in total. The molecule has 0 fully saturated rings. The van der Waals surface area contributed by atoms with Crippen molar-refractivity contribution in [2.75, 3.05) is 0 Å². The summed E-state index contributed by atoms with van der Waals surface area (Å²) in [6.07, 6.45) is 4.51. The Kier molecular flexibility index (Phi) is 2.77. The van der Waals surface area contributed by atoms with Crippen LogP contribution in [0.1, 0.15) is 11.1 Å². The zero-order valence-corrected chi connectivity index (χ0v) is 18.2. The monoisotopic (exact) mass is 434 g/mol. The first kappa shape index (κ1) is 17.0. The standard InChI is InChI=1S/C31H18N2O/c1-2-6-19(7-3-1)22-15-17-32-24(18-22)23-9-4-10-25-28(23)31(32)29-26(34-25)14-13-20-11-12-21-8-5-16-33(31)30(21)27(20)29/h1-18H/q+2. The maximum Gasteiger partial charge on any atom is 0.425 e. The Hall–Kier alpha value is -4.50. The van der Waals surface area contributed by atoms with Gasteiger partial charge in [-0.15, -0.1) is 9.13 Å². The quantitative estimate of drug-likeness (QED) is 0.231. The Balaban J connectivity index is 1.50. The number of aromatic nitrogens is 2. The molecule has 3 aliphatic rings. The average molecular weight is 434 g/mol. The number of rotatable bonds is 1. The van der Waals surface area contributed by atoms with Crippen molar-refractivity contribution in [1.29, 1.82) is 0 Å². The van der Waals surface area contributed by atoms with Crippen LogP contribution in [-0.4, -0.2) is 0 Å². The molecule has 34 heavy (non-hydrogen) atoms. The molecule has 0 saturated carbocycles. The molecule has 3 aliphatic heterocycles. The third kappa shape index (κ3) is 1.70. The van der Waals surface area contributed by atoms with Crippen LogP contribution in [0.5, 0.6) is 11.5 Å². The fraction of sp³-hybridized carbons (Fsp3) is 0.0323. The van der Waals surface area contributed by atoms with Crippen molar-refractivity contribution in [3.63, 3.8) is 0 Å². The molecule has 156 valence electrons. The molecule has 0 bridgehead atoms. The van der Waals surface area contributed by atoms with Crippen LogP contribution in [0, 0.1) is 0 Å². The highest BCUT2D eigenvalue weighted by Gasteiger charge is 2.70. The number of hydrogen-bond donors (Lipinski definition) is 0. The second-order valence-electron chi connectivity index (χ2n) is 9.41. The second-order valence-corrected chi connectivity index (χ2v) is 9.41. The molecule has 1 atom stereocenters. The summed E-state index contributed by atoms with van der Waals surface area (Å²) in [5.74, 6) is 1.88. The minimum absolute atomic E-state index is 0.493. The van der Waals surface area contributed by atoms with Crippen LogP contribution in [0.2, 0.25) is 0 Å². The molecule has 0 N–H and O–H groups in total. The summed E-state index contributed by atoms with van der Waals surface area (Å²) < 4.78 is 11.5. The van der Waals surface area contributed by atoms with E-state index in [1.54, 1.807) is 0 Å². The molecule has 1 unspecified atom stereocenters. The van der Waals surface area contributed by atoms with E-state index < -0.39 is 5.66 Å². The van der Waals surface area contributed by atoms with Crippen molar-refractivity contribution in [3.8, 4) is 33.9 Å². The summed E-state index contributed by atoms with van der Waals surface area (Å²) >= 11 is 0. The second kappa shape index (κ2) is 5.52. The van der Waals surface area contributed by atoms with Gasteiger partial charge in [-0.1, -0.05) is 48.5 Å². The van der Waals surface area contributed by atoms with Crippen LogP contribution in [0.3, 0.4) is 0 Å². The van der Waals surface area contributed by atoms with E-state index in [2.05, 4.69) is 119 Å². The van der Waals surface area contributed by atoms with Gasteiger partial charge in [0.1, 0.15) is 11.5 Å². The van der Waals surface area contributed by atoms with Crippen molar-refractivity contribution in [2.24, 2.45) is 0 Å². The molecule has 5 heterocycles. The summed E-state index contributed by atoms with van der Waals surface area (Å²) in [4.78, 5) is 0. The van der Waals surface area contributed by atoms with Gasteiger partial charge in [-0.3, -0.25) is 0 Å². The SMILES string of the molecule is c1ccc(-c2cc[n+]3c(c2)-c2cccc4c2C32c3c(ccc5ccc6ccc[n+]2c6c35)O4)cc1. The van der Waals surface area contributed by atoms with Gasteiger partial charge in [0.05, 0.1) is 10.9 Å². The Morgan fingerprint density at radius 2 is 1.44 bits per heavy atom. The molecular weight excluding hydrogens is 416 g/mol. The van der Waals surface area contributed by atoms with Crippen molar-refractivity contribution in [1.82, 2.24) is 0 Å². The van der Waals surface area contributed by atoms with E-state index >= 15 is 0 Å². The van der Waals surface area contributed by atoms with Gasteiger partial charge in [0, 0.05) is 23.6 Å². The topological polar surface area (TPSA) is 17.0 Å². The van der Waals surface area contributed by atoms with Crippen molar-refractivity contribution < 1.29 is 13.9 Å². The van der Waals surface area contributed by atoms with Gasteiger partial charge in [0.25, 0.3) is 0 Å². The molecule has 1 spiro atoms. The predicted molar refractivity (Wildman–Crippen MR) is 131 cm³/mol. The number of ether oxygens (including phenoxy) is 1. The Morgan fingerprint density at radius 1 is 0.588 bits per heavy atom. The highest BCUT2D eigenvalue weighted by molar-refractivity contribution is 6.08. The van der Waals surface area contributed by atoms with Crippen LogP contribution in [0.4, 0.5) is 0 Å². The van der Waals surface area contributed by atoms with E-state index in [0.717, 1.165) is 11.5 Å². The predicted octanol–water partition coefficient (Wildman–Crippen LogP) is 5.93. The molecule has 9 rings (SSSR count). The number of nitrogens with zero attached hydrogens (tertiary/aromatic N) is 2. The smallest absolute Gasteiger partial charge is 0.425 e. The first-order valence-electron chi connectivity index (χ1n) is 11.7. The molecule has 2 aromatic heterocycles. The van der Waals surface area contributed by atoms with Gasteiger partial charge in [-0.25, -0.2) is 0 Å². The lowest BCUT2D eigenvalue weighted by molar-refractivity contribution is -0.950. The number of pyridine rings is 2. The Bertz CT molecular complexity index is 1890.